The third-order valence-electron chi connectivity index (χ3n) is 4.29. The van der Waals surface area contributed by atoms with E-state index in [4.69, 9.17) is 4.74 Å². The van der Waals surface area contributed by atoms with Crippen molar-refractivity contribution in [3.8, 4) is 0 Å². The first-order valence-electron chi connectivity index (χ1n) is 8.49. The Hall–Kier alpha value is -1.85. The number of nitrogens with one attached hydrogen (secondary N) is 1. The number of sulfonamides is 1. The molecule has 0 radical (unpaired) electrons. The molecule has 0 bridgehead atoms. The molecular weight excluding hydrogens is 466 g/mol. The molecule has 1 amide bonds. The fourth-order valence-electron chi connectivity index (χ4n) is 2.83. The van der Waals surface area contributed by atoms with Crippen molar-refractivity contribution >= 4 is 58.5 Å². The van der Waals surface area contributed by atoms with E-state index in [1.807, 2.05) is 0 Å². The minimum Gasteiger partial charge on any atom is -0.379 e. The Morgan fingerprint density at radius 3 is 2.57 bits per heavy atom. The van der Waals surface area contributed by atoms with Crippen LogP contribution in [-0.4, -0.2) is 49.9 Å². The van der Waals surface area contributed by atoms with Crippen LogP contribution in [0.2, 0.25) is 0 Å². The lowest BCUT2D eigenvalue weighted by atomic mass is 10.2. The van der Waals surface area contributed by atoms with Crippen LogP contribution < -0.4 is 5.32 Å². The number of halogens is 1. The van der Waals surface area contributed by atoms with Crippen LogP contribution in [0.3, 0.4) is 0 Å². The predicted molar refractivity (Wildman–Crippen MR) is 111 cm³/mol. The normalized spacial score (nSPS) is 15.6. The molecule has 1 aromatic heterocycles. The molecule has 3 aromatic rings. The highest BCUT2D eigenvalue weighted by Crippen LogP contribution is 2.29. The first-order valence-corrected chi connectivity index (χ1v) is 11.5. The summed E-state index contributed by atoms with van der Waals surface area (Å²) in [4.78, 5) is 17.0. The van der Waals surface area contributed by atoms with Gasteiger partial charge in [0.05, 0.1) is 28.3 Å². The molecule has 1 aliphatic rings. The van der Waals surface area contributed by atoms with Gasteiger partial charge in [-0.25, -0.2) is 13.4 Å². The second kappa shape index (κ2) is 7.88. The van der Waals surface area contributed by atoms with Crippen LogP contribution in [0, 0.1) is 0 Å². The highest BCUT2D eigenvalue weighted by Gasteiger charge is 2.26. The molecule has 0 saturated carbocycles. The zero-order valence-electron chi connectivity index (χ0n) is 14.6. The summed E-state index contributed by atoms with van der Waals surface area (Å²) in [5.41, 5.74) is 1.15. The van der Waals surface area contributed by atoms with Crippen LogP contribution in [0.5, 0.6) is 0 Å². The molecular formula is C18H16BrN3O4S2. The lowest BCUT2D eigenvalue weighted by molar-refractivity contribution is 0.0730. The largest absolute Gasteiger partial charge is 0.379 e. The van der Waals surface area contributed by atoms with E-state index in [1.165, 1.54) is 15.6 Å². The molecule has 0 aliphatic carbocycles. The number of nitrogens with zero attached hydrogens (tertiary/aromatic N) is 2. The number of hydrogen-bond acceptors (Lipinski definition) is 6. The van der Waals surface area contributed by atoms with Gasteiger partial charge in [0.1, 0.15) is 0 Å². The molecule has 28 heavy (non-hydrogen) atoms. The molecule has 2 heterocycles. The molecule has 1 fully saturated rings. The van der Waals surface area contributed by atoms with Gasteiger partial charge < -0.3 is 4.74 Å². The van der Waals surface area contributed by atoms with E-state index >= 15 is 0 Å². The molecule has 1 N–H and O–H groups in total. The number of carbonyl (C=O) groups is 1. The van der Waals surface area contributed by atoms with Gasteiger partial charge in [0.2, 0.25) is 10.0 Å². The van der Waals surface area contributed by atoms with E-state index in [0.29, 0.717) is 47.2 Å². The second-order valence-electron chi connectivity index (χ2n) is 6.13. The van der Waals surface area contributed by atoms with Gasteiger partial charge in [0.15, 0.2) is 5.13 Å². The summed E-state index contributed by atoms with van der Waals surface area (Å²) in [5, 5.41) is 3.19. The smallest absolute Gasteiger partial charge is 0.257 e. The van der Waals surface area contributed by atoms with Gasteiger partial charge in [-0.3, -0.25) is 10.1 Å². The highest BCUT2D eigenvalue weighted by molar-refractivity contribution is 9.10. The number of rotatable bonds is 4. The fraction of sp³-hybridized carbons (Fsp3) is 0.222. The molecule has 146 valence electrons. The van der Waals surface area contributed by atoms with E-state index in [-0.39, 0.29) is 10.8 Å². The van der Waals surface area contributed by atoms with Crippen molar-refractivity contribution in [3.05, 3.63) is 52.5 Å². The number of carbonyl (C=O) groups excluding carboxylic acids is 1. The van der Waals surface area contributed by atoms with Crippen molar-refractivity contribution in [2.45, 2.75) is 4.90 Å². The topological polar surface area (TPSA) is 88.6 Å². The Kier molecular flexibility index (Phi) is 5.48. The summed E-state index contributed by atoms with van der Waals surface area (Å²) in [6, 6.07) is 11.8. The van der Waals surface area contributed by atoms with Crippen LogP contribution in [0.15, 0.2) is 51.8 Å². The molecule has 0 unspecified atom stereocenters. The van der Waals surface area contributed by atoms with Gasteiger partial charge in [0.25, 0.3) is 5.91 Å². The van der Waals surface area contributed by atoms with Gasteiger partial charge in [-0.05, 0) is 42.5 Å². The zero-order chi connectivity index (χ0) is 19.7. The van der Waals surface area contributed by atoms with Gasteiger partial charge in [-0.1, -0.05) is 27.3 Å². The number of aromatic nitrogens is 1. The minimum absolute atomic E-state index is 0.219. The summed E-state index contributed by atoms with van der Waals surface area (Å²) in [6.07, 6.45) is 0. The number of ether oxygens (including phenoxy) is 1. The maximum Gasteiger partial charge on any atom is 0.257 e. The van der Waals surface area contributed by atoms with E-state index in [1.54, 1.807) is 42.5 Å². The van der Waals surface area contributed by atoms with Crippen LogP contribution in [0.1, 0.15) is 10.4 Å². The molecule has 0 atom stereocenters. The number of benzene rings is 2. The maximum atomic E-state index is 12.8. The summed E-state index contributed by atoms with van der Waals surface area (Å²) < 4.78 is 33.9. The summed E-state index contributed by atoms with van der Waals surface area (Å²) in [6.45, 7) is 1.48. The van der Waals surface area contributed by atoms with E-state index in [9.17, 15) is 13.2 Å². The summed E-state index contributed by atoms with van der Waals surface area (Å²) in [5.74, 6) is -0.271. The third-order valence-corrected chi connectivity index (χ3v) is 7.65. The number of hydrogen-bond donors (Lipinski definition) is 1. The van der Waals surface area contributed by atoms with Crippen molar-refractivity contribution in [1.29, 1.82) is 0 Å². The van der Waals surface area contributed by atoms with Gasteiger partial charge in [-0.2, -0.15) is 4.31 Å². The van der Waals surface area contributed by atoms with Crippen LogP contribution >= 0.6 is 27.3 Å². The quantitative estimate of drug-likeness (QED) is 0.617. The van der Waals surface area contributed by atoms with Crippen LogP contribution in [0.25, 0.3) is 10.2 Å². The number of anilines is 1. The number of morpholine rings is 1. The Labute approximate surface area is 174 Å². The average Bonchev–Trinajstić information content (AvgIpc) is 3.10. The number of amides is 1. The average molecular weight is 482 g/mol. The molecule has 4 rings (SSSR count). The molecule has 7 nitrogen and oxygen atoms in total. The van der Waals surface area contributed by atoms with Crippen molar-refractivity contribution in [2.75, 3.05) is 31.6 Å². The lowest BCUT2D eigenvalue weighted by Crippen LogP contribution is -2.40. The van der Waals surface area contributed by atoms with Crippen molar-refractivity contribution in [2.24, 2.45) is 0 Å². The van der Waals surface area contributed by atoms with Gasteiger partial charge >= 0.3 is 0 Å². The van der Waals surface area contributed by atoms with Crippen molar-refractivity contribution < 1.29 is 17.9 Å². The standard InChI is InChI=1S/C18H16BrN3O4S2/c19-13-3-1-12(2-4-13)17(23)21-18-20-15-6-5-14(11-16(15)27-18)28(24,25)22-7-9-26-10-8-22/h1-6,11H,7-10H2,(H,20,21,23). The van der Waals surface area contributed by atoms with Gasteiger partial charge in [-0.15, -0.1) is 0 Å². The van der Waals surface area contributed by atoms with Crippen LogP contribution in [0.4, 0.5) is 5.13 Å². The molecule has 2 aromatic carbocycles. The van der Waals surface area contributed by atoms with Crippen LogP contribution in [-0.2, 0) is 14.8 Å². The van der Waals surface area contributed by atoms with Crippen molar-refractivity contribution in [1.82, 2.24) is 9.29 Å². The predicted octanol–water partition coefficient (Wildman–Crippen LogP) is 3.33. The Morgan fingerprint density at radius 2 is 1.86 bits per heavy atom. The second-order valence-corrected chi connectivity index (χ2v) is 10.0. The Balaban J connectivity index is 1.58. The Bertz CT molecular complexity index is 1120. The number of fused-ring (bicyclic) bond motifs is 1. The lowest BCUT2D eigenvalue weighted by Gasteiger charge is -2.25. The van der Waals surface area contributed by atoms with E-state index in [0.717, 1.165) is 4.47 Å². The maximum absolute atomic E-state index is 12.8. The highest BCUT2D eigenvalue weighted by atomic mass is 79.9. The Morgan fingerprint density at radius 1 is 1.14 bits per heavy atom. The molecule has 10 heteroatoms. The minimum atomic E-state index is -3.57. The zero-order valence-corrected chi connectivity index (χ0v) is 17.8. The monoisotopic (exact) mass is 481 g/mol. The molecule has 1 aliphatic heterocycles. The summed E-state index contributed by atoms with van der Waals surface area (Å²) in [7, 11) is -3.57. The van der Waals surface area contributed by atoms with E-state index < -0.39 is 10.0 Å². The van der Waals surface area contributed by atoms with Gasteiger partial charge in [0, 0.05) is 23.1 Å². The first kappa shape index (κ1) is 19.5. The third kappa shape index (κ3) is 3.96. The molecule has 1 saturated heterocycles. The number of thiazole rings is 1. The summed E-state index contributed by atoms with van der Waals surface area (Å²) >= 11 is 4.57. The van der Waals surface area contributed by atoms with E-state index in [2.05, 4.69) is 26.2 Å². The first-order chi connectivity index (χ1) is 13.4. The van der Waals surface area contributed by atoms with Crippen molar-refractivity contribution in [3.63, 3.8) is 0 Å². The molecule has 0 spiro atoms. The fourth-order valence-corrected chi connectivity index (χ4v) is 5.50. The SMILES string of the molecule is O=C(Nc1nc2ccc(S(=O)(=O)N3CCOCC3)cc2s1)c1ccc(Br)cc1.